The first-order valence-electron chi connectivity index (χ1n) is 8.62. The predicted molar refractivity (Wildman–Crippen MR) is 97.9 cm³/mol. The van der Waals surface area contributed by atoms with Gasteiger partial charge < -0.3 is 10.0 Å². The number of carbonyl (C=O) groups is 1. The highest BCUT2D eigenvalue weighted by Crippen LogP contribution is 2.27. The number of hydrogen-bond donors (Lipinski definition) is 1. The van der Waals surface area contributed by atoms with Crippen molar-refractivity contribution in [2.45, 2.75) is 39.8 Å². The van der Waals surface area contributed by atoms with Crippen molar-refractivity contribution in [2.75, 3.05) is 13.1 Å². The monoisotopic (exact) mass is 361 g/mol. The number of aryl methyl sites for hydroxylation is 2. The van der Waals surface area contributed by atoms with Crippen molar-refractivity contribution in [3.8, 4) is 0 Å². The standard InChI is InChI=1S/C19H24ClN3O2/c1-12-4-6-15(7-5-12)10-23-18(20)17(13(2)21-23)19(25)22-9-8-16(11-22)14(3)24/h4-7,14,16,24H,8-11H2,1-3H3/t14-,16+/m1/s1. The number of carbonyl (C=O) groups excluding carboxylic acids is 1. The lowest BCUT2D eigenvalue weighted by atomic mass is 10.0. The van der Waals surface area contributed by atoms with Gasteiger partial charge in [0.2, 0.25) is 0 Å². The number of aliphatic hydroxyl groups excluding tert-OH is 1. The van der Waals surface area contributed by atoms with E-state index in [-0.39, 0.29) is 11.8 Å². The number of likely N-dealkylation sites (tertiary alicyclic amines) is 1. The Morgan fingerprint density at radius 2 is 2.04 bits per heavy atom. The van der Waals surface area contributed by atoms with E-state index in [0.717, 1.165) is 12.0 Å². The number of amides is 1. The van der Waals surface area contributed by atoms with Crippen LogP contribution in [-0.2, 0) is 6.54 Å². The second-order valence-corrected chi connectivity index (χ2v) is 7.29. The SMILES string of the molecule is Cc1ccc(Cn2nc(C)c(C(=O)N3CC[C@H]([C@@H](C)O)C3)c2Cl)cc1. The predicted octanol–water partition coefficient (Wildman–Crippen LogP) is 3.04. The van der Waals surface area contributed by atoms with Gasteiger partial charge in [0.1, 0.15) is 5.15 Å². The van der Waals surface area contributed by atoms with E-state index >= 15 is 0 Å². The zero-order chi connectivity index (χ0) is 18.1. The first-order valence-corrected chi connectivity index (χ1v) is 9.00. The minimum absolute atomic E-state index is 0.0965. The fraction of sp³-hybridized carbons (Fsp3) is 0.474. The summed E-state index contributed by atoms with van der Waals surface area (Å²) >= 11 is 6.49. The van der Waals surface area contributed by atoms with Crippen LogP contribution in [0.1, 0.15) is 40.5 Å². The molecule has 0 bridgehead atoms. The molecular formula is C19H24ClN3O2. The number of hydrogen-bond acceptors (Lipinski definition) is 3. The first-order chi connectivity index (χ1) is 11.9. The lowest BCUT2D eigenvalue weighted by Crippen LogP contribution is -2.30. The van der Waals surface area contributed by atoms with Gasteiger partial charge in [-0.1, -0.05) is 41.4 Å². The highest BCUT2D eigenvalue weighted by atomic mass is 35.5. The average molecular weight is 362 g/mol. The Bertz CT molecular complexity index is 768. The Kier molecular flexibility index (Phi) is 5.16. The fourth-order valence-electron chi connectivity index (χ4n) is 3.29. The molecule has 0 unspecified atom stereocenters. The van der Waals surface area contributed by atoms with Gasteiger partial charge in [-0.05, 0) is 32.8 Å². The van der Waals surface area contributed by atoms with Crippen molar-refractivity contribution < 1.29 is 9.90 Å². The highest BCUT2D eigenvalue weighted by Gasteiger charge is 2.32. The van der Waals surface area contributed by atoms with E-state index in [4.69, 9.17) is 11.6 Å². The average Bonchev–Trinajstić information content (AvgIpc) is 3.15. The van der Waals surface area contributed by atoms with Gasteiger partial charge in [0.05, 0.1) is 23.9 Å². The van der Waals surface area contributed by atoms with Gasteiger partial charge in [-0.2, -0.15) is 5.10 Å². The molecule has 1 aliphatic heterocycles. The summed E-state index contributed by atoms with van der Waals surface area (Å²) < 4.78 is 1.68. The second-order valence-electron chi connectivity index (χ2n) is 6.93. The summed E-state index contributed by atoms with van der Waals surface area (Å²) in [7, 11) is 0. The molecule has 3 rings (SSSR count). The molecule has 0 spiro atoms. The third-order valence-electron chi connectivity index (χ3n) is 4.93. The Labute approximate surface area is 153 Å². The topological polar surface area (TPSA) is 58.4 Å². The minimum atomic E-state index is -0.404. The van der Waals surface area contributed by atoms with Gasteiger partial charge in [0, 0.05) is 19.0 Å². The van der Waals surface area contributed by atoms with Crippen LogP contribution in [0, 0.1) is 19.8 Å². The van der Waals surface area contributed by atoms with E-state index in [1.54, 1.807) is 16.5 Å². The number of benzene rings is 1. The maximum absolute atomic E-state index is 12.9. The zero-order valence-corrected chi connectivity index (χ0v) is 15.6. The van der Waals surface area contributed by atoms with Crippen LogP contribution >= 0.6 is 11.6 Å². The molecule has 5 nitrogen and oxygen atoms in total. The summed E-state index contributed by atoms with van der Waals surface area (Å²) in [6.07, 6.45) is 0.413. The molecule has 1 saturated heterocycles. The van der Waals surface area contributed by atoms with Crippen LogP contribution < -0.4 is 0 Å². The first kappa shape index (κ1) is 18.0. The third kappa shape index (κ3) is 3.72. The molecule has 0 radical (unpaired) electrons. The Morgan fingerprint density at radius 3 is 2.64 bits per heavy atom. The number of aromatic nitrogens is 2. The van der Waals surface area contributed by atoms with Crippen LogP contribution in [0.15, 0.2) is 24.3 Å². The van der Waals surface area contributed by atoms with E-state index in [0.29, 0.717) is 36.0 Å². The van der Waals surface area contributed by atoms with Crippen molar-refractivity contribution in [3.05, 3.63) is 51.8 Å². The molecule has 25 heavy (non-hydrogen) atoms. The van der Waals surface area contributed by atoms with Crippen LogP contribution in [0.25, 0.3) is 0 Å². The van der Waals surface area contributed by atoms with Crippen molar-refractivity contribution in [3.63, 3.8) is 0 Å². The maximum Gasteiger partial charge on any atom is 0.258 e. The molecule has 2 aromatic rings. The molecule has 2 atom stereocenters. The Hall–Kier alpha value is -1.85. The summed E-state index contributed by atoms with van der Waals surface area (Å²) in [4.78, 5) is 14.6. The largest absolute Gasteiger partial charge is 0.393 e. The molecule has 1 amide bonds. The van der Waals surface area contributed by atoms with Crippen LogP contribution in [0.3, 0.4) is 0 Å². The van der Waals surface area contributed by atoms with E-state index < -0.39 is 6.10 Å². The van der Waals surface area contributed by atoms with E-state index in [2.05, 4.69) is 5.10 Å². The van der Waals surface area contributed by atoms with E-state index in [1.807, 2.05) is 38.1 Å². The summed E-state index contributed by atoms with van der Waals surface area (Å²) in [5.41, 5.74) is 3.40. The van der Waals surface area contributed by atoms with Crippen LogP contribution in [0.5, 0.6) is 0 Å². The number of rotatable bonds is 4. The normalized spacial score (nSPS) is 18.6. The van der Waals surface area contributed by atoms with Crippen LogP contribution in [0.2, 0.25) is 5.15 Å². The van der Waals surface area contributed by atoms with E-state index in [9.17, 15) is 9.90 Å². The van der Waals surface area contributed by atoms with Gasteiger partial charge in [-0.3, -0.25) is 4.79 Å². The molecular weight excluding hydrogens is 338 g/mol. The summed E-state index contributed by atoms with van der Waals surface area (Å²) in [5.74, 6) is 0.0337. The van der Waals surface area contributed by atoms with Gasteiger partial charge in [-0.25, -0.2) is 4.68 Å². The molecule has 6 heteroatoms. The summed E-state index contributed by atoms with van der Waals surface area (Å²) in [6, 6.07) is 8.17. The van der Waals surface area contributed by atoms with Crippen molar-refractivity contribution in [2.24, 2.45) is 5.92 Å². The van der Waals surface area contributed by atoms with Crippen molar-refractivity contribution >= 4 is 17.5 Å². The van der Waals surface area contributed by atoms with Crippen molar-refractivity contribution in [1.29, 1.82) is 0 Å². The molecule has 1 N–H and O–H groups in total. The molecule has 1 fully saturated rings. The zero-order valence-electron chi connectivity index (χ0n) is 14.9. The lowest BCUT2D eigenvalue weighted by Gasteiger charge is -2.17. The Balaban J connectivity index is 1.80. The smallest absolute Gasteiger partial charge is 0.258 e. The molecule has 1 aromatic carbocycles. The molecule has 2 heterocycles. The summed E-state index contributed by atoms with van der Waals surface area (Å²) in [5, 5.41) is 14.6. The fourth-order valence-corrected chi connectivity index (χ4v) is 3.61. The van der Waals surface area contributed by atoms with Crippen LogP contribution in [-0.4, -0.2) is 44.9 Å². The molecule has 134 valence electrons. The molecule has 1 aliphatic rings. The number of nitrogens with zero attached hydrogens (tertiary/aromatic N) is 3. The maximum atomic E-state index is 12.9. The molecule has 0 saturated carbocycles. The summed E-state index contributed by atoms with van der Waals surface area (Å²) in [6.45, 7) is 7.37. The Morgan fingerprint density at radius 1 is 1.36 bits per heavy atom. The third-order valence-corrected chi connectivity index (χ3v) is 5.31. The quantitative estimate of drug-likeness (QED) is 0.910. The second kappa shape index (κ2) is 7.18. The van der Waals surface area contributed by atoms with Gasteiger partial charge in [-0.15, -0.1) is 0 Å². The molecule has 0 aliphatic carbocycles. The number of halogens is 1. The van der Waals surface area contributed by atoms with Crippen molar-refractivity contribution in [1.82, 2.24) is 14.7 Å². The van der Waals surface area contributed by atoms with Gasteiger partial charge >= 0.3 is 0 Å². The van der Waals surface area contributed by atoms with Gasteiger partial charge in [0.25, 0.3) is 5.91 Å². The molecule has 1 aromatic heterocycles. The van der Waals surface area contributed by atoms with Gasteiger partial charge in [0.15, 0.2) is 0 Å². The van der Waals surface area contributed by atoms with Crippen LogP contribution in [0.4, 0.5) is 0 Å². The lowest BCUT2D eigenvalue weighted by molar-refractivity contribution is 0.0762. The highest BCUT2D eigenvalue weighted by molar-refractivity contribution is 6.33. The number of aliphatic hydroxyl groups is 1. The van der Waals surface area contributed by atoms with E-state index in [1.165, 1.54) is 5.56 Å². The minimum Gasteiger partial charge on any atom is -0.393 e.